The number of pyridine rings is 1. The molecule has 6 heteroatoms. The van der Waals surface area contributed by atoms with Crippen LogP contribution in [0, 0.1) is 12.3 Å². The van der Waals surface area contributed by atoms with Gasteiger partial charge in [0.2, 0.25) is 5.91 Å². The zero-order valence-corrected chi connectivity index (χ0v) is 15.6. The van der Waals surface area contributed by atoms with Gasteiger partial charge in [0.05, 0.1) is 16.5 Å². The van der Waals surface area contributed by atoms with Crippen molar-refractivity contribution < 1.29 is 14.3 Å². The second kappa shape index (κ2) is 6.93. The van der Waals surface area contributed by atoms with Crippen LogP contribution < -0.4 is 11.1 Å². The summed E-state index contributed by atoms with van der Waals surface area (Å²) in [5.74, 6) is -0.100. The van der Waals surface area contributed by atoms with Gasteiger partial charge in [-0.05, 0) is 50.8 Å². The van der Waals surface area contributed by atoms with E-state index >= 15 is 0 Å². The number of carbonyl (C=O) groups excluding carboxylic acids is 2. The Labute approximate surface area is 158 Å². The topological polar surface area (TPSA) is 94.3 Å². The summed E-state index contributed by atoms with van der Waals surface area (Å²) >= 11 is 0. The summed E-state index contributed by atoms with van der Waals surface area (Å²) in [5, 5.41) is 3.81. The number of carbonyl (C=O) groups is 2. The van der Waals surface area contributed by atoms with Crippen molar-refractivity contribution in [2.24, 2.45) is 11.1 Å². The van der Waals surface area contributed by atoms with E-state index in [-0.39, 0.29) is 18.4 Å². The molecule has 2 aliphatic rings. The molecule has 1 saturated heterocycles. The summed E-state index contributed by atoms with van der Waals surface area (Å²) in [6.45, 7) is 3.21. The van der Waals surface area contributed by atoms with E-state index < -0.39 is 5.41 Å². The summed E-state index contributed by atoms with van der Waals surface area (Å²) in [4.78, 5) is 29.8. The fourth-order valence-electron chi connectivity index (χ4n) is 3.75. The Bertz CT molecular complexity index is 899. The fraction of sp³-hybridized carbons (Fsp3) is 0.476. The number of hydrogen-bond donors (Lipinski definition) is 2. The Balaban J connectivity index is 1.63. The second-order valence-corrected chi connectivity index (χ2v) is 7.83. The average molecular weight is 367 g/mol. The number of aryl methyl sites for hydroxylation is 1. The van der Waals surface area contributed by atoms with Gasteiger partial charge < -0.3 is 15.8 Å². The molecule has 6 nitrogen and oxygen atoms in total. The fourth-order valence-corrected chi connectivity index (χ4v) is 3.75. The minimum Gasteiger partial charge on any atom is -0.381 e. The molecule has 4 rings (SSSR count). The molecule has 0 spiro atoms. The van der Waals surface area contributed by atoms with Crippen molar-refractivity contribution in [1.82, 2.24) is 10.3 Å². The number of hydrogen-bond acceptors (Lipinski definition) is 4. The minimum atomic E-state index is -0.730. The molecule has 1 saturated carbocycles. The number of primary amides is 1. The number of nitrogens with two attached hydrogens (primary N) is 1. The van der Waals surface area contributed by atoms with Crippen LogP contribution in [-0.2, 0) is 9.53 Å². The molecule has 1 aliphatic heterocycles. The maximum absolute atomic E-state index is 13.1. The SMILES string of the molecule is Cc1ccc2nc(C3CC3)cc(C(=O)NCC3(C(N)=O)CCOCC3)c2c1. The van der Waals surface area contributed by atoms with Crippen LogP contribution in [0.1, 0.15) is 53.2 Å². The number of ether oxygens (including phenoxy) is 1. The molecule has 2 fully saturated rings. The highest BCUT2D eigenvalue weighted by atomic mass is 16.5. The summed E-state index contributed by atoms with van der Waals surface area (Å²) < 4.78 is 5.36. The third-order valence-electron chi connectivity index (χ3n) is 5.78. The predicted octanol–water partition coefficient (Wildman–Crippen LogP) is 2.43. The van der Waals surface area contributed by atoms with E-state index in [0.29, 0.717) is 37.5 Å². The lowest BCUT2D eigenvalue weighted by atomic mass is 9.79. The molecule has 1 aliphatic carbocycles. The van der Waals surface area contributed by atoms with Crippen molar-refractivity contribution in [3.8, 4) is 0 Å². The number of rotatable bonds is 5. The van der Waals surface area contributed by atoms with Crippen molar-refractivity contribution in [3.05, 3.63) is 41.1 Å². The Morgan fingerprint density at radius 1 is 1.26 bits per heavy atom. The number of amides is 2. The van der Waals surface area contributed by atoms with Gasteiger partial charge in [-0.25, -0.2) is 0 Å². The highest BCUT2D eigenvalue weighted by Gasteiger charge is 2.39. The Kier molecular flexibility index (Phi) is 4.60. The molecule has 0 bridgehead atoms. The first-order chi connectivity index (χ1) is 13.0. The molecule has 2 aromatic rings. The number of benzene rings is 1. The molecule has 2 heterocycles. The summed E-state index contributed by atoms with van der Waals surface area (Å²) in [5.41, 5.74) is 8.44. The van der Waals surface area contributed by atoms with Crippen LogP contribution in [0.4, 0.5) is 0 Å². The minimum absolute atomic E-state index is 0.179. The quantitative estimate of drug-likeness (QED) is 0.849. The number of aromatic nitrogens is 1. The first-order valence-electron chi connectivity index (χ1n) is 9.56. The standard InChI is InChI=1S/C21H25N3O3/c1-13-2-5-17-15(10-13)16(11-18(24-17)14-3-4-14)19(25)23-12-21(20(22)26)6-8-27-9-7-21/h2,5,10-11,14H,3-4,6-9,12H2,1H3,(H2,22,26)(H,23,25). The molecule has 0 unspecified atom stereocenters. The van der Waals surface area contributed by atoms with Crippen LogP contribution in [0.2, 0.25) is 0 Å². The van der Waals surface area contributed by atoms with Gasteiger partial charge in [-0.3, -0.25) is 14.6 Å². The molecule has 1 aromatic carbocycles. The molecular formula is C21H25N3O3. The largest absolute Gasteiger partial charge is 0.381 e. The van der Waals surface area contributed by atoms with Crippen molar-refractivity contribution in [1.29, 1.82) is 0 Å². The second-order valence-electron chi connectivity index (χ2n) is 7.83. The number of nitrogens with one attached hydrogen (secondary N) is 1. The smallest absolute Gasteiger partial charge is 0.252 e. The van der Waals surface area contributed by atoms with E-state index in [1.54, 1.807) is 0 Å². The Hall–Kier alpha value is -2.47. The molecule has 0 atom stereocenters. The molecule has 0 radical (unpaired) electrons. The van der Waals surface area contributed by atoms with Gasteiger partial charge in [0, 0.05) is 36.8 Å². The van der Waals surface area contributed by atoms with Gasteiger partial charge in [0.25, 0.3) is 5.91 Å². The van der Waals surface area contributed by atoms with Crippen molar-refractivity contribution in [2.45, 2.75) is 38.5 Å². The third kappa shape index (κ3) is 3.54. The van der Waals surface area contributed by atoms with Gasteiger partial charge >= 0.3 is 0 Å². The van der Waals surface area contributed by atoms with E-state index in [0.717, 1.165) is 35.0 Å². The van der Waals surface area contributed by atoms with E-state index in [4.69, 9.17) is 15.5 Å². The maximum atomic E-state index is 13.1. The summed E-state index contributed by atoms with van der Waals surface area (Å²) in [6.07, 6.45) is 3.31. The zero-order chi connectivity index (χ0) is 19.0. The highest BCUT2D eigenvalue weighted by molar-refractivity contribution is 6.06. The maximum Gasteiger partial charge on any atom is 0.252 e. The lowest BCUT2D eigenvalue weighted by Crippen LogP contribution is -2.49. The average Bonchev–Trinajstić information content (AvgIpc) is 3.51. The van der Waals surface area contributed by atoms with E-state index in [9.17, 15) is 9.59 Å². The Morgan fingerprint density at radius 2 is 2.00 bits per heavy atom. The van der Waals surface area contributed by atoms with Crippen LogP contribution in [0.5, 0.6) is 0 Å². The van der Waals surface area contributed by atoms with Crippen LogP contribution in [0.15, 0.2) is 24.3 Å². The van der Waals surface area contributed by atoms with Gasteiger partial charge in [-0.1, -0.05) is 11.6 Å². The van der Waals surface area contributed by atoms with E-state index in [2.05, 4.69) is 5.32 Å². The molecule has 27 heavy (non-hydrogen) atoms. The van der Waals surface area contributed by atoms with Crippen LogP contribution in [0.25, 0.3) is 10.9 Å². The number of fused-ring (bicyclic) bond motifs is 1. The number of nitrogens with zero attached hydrogens (tertiary/aromatic N) is 1. The van der Waals surface area contributed by atoms with Gasteiger partial charge in [0.15, 0.2) is 0 Å². The Morgan fingerprint density at radius 3 is 2.67 bits per heavy atom. The van der Waals surface area contributed by atoms with Crippen molar-refractivity contribution in [3.63, 3.8) is 0 Å². The third-order valence-corrected chi connectivity index (χ3v) is 5.78. The summed E-state index contributed by atoms with van der Waals surface area (Å²) in [6, 6.07) is 7.89. The van der Waals surface area contributed by atoms with Crippen molar-refractivity contribution >= 4 is 22.7 Å². The van der Waals surface area contributed by atoms with Crippen LogP contribution in [-0.4, -0.2) is 36.6 Å². The molecule has 2 amide bonds. The first-order valence-corrected chi connectivity index (χ1v) is 9.56. The molecular weight excluding hydrogens is 342 g/mol. The summed E-state index contributed by atoms with van der Waals surface area (Å²) in [7, 11) is 0. The lowest BCUT2D eigenvalue weighted by molar-refractivity contribution is -0.132. The normalized spacial score (nSPS) is 19.0. The van der Waals surface area contributed by atoms with Gasteiger partial charge in [-0.15, -0.1) is 0 Å². The van der Waals surface area contributed by atoms with Crippen molar-refractivity contribution in [2.75, 3.05) is 19.8 Å². The highest BCUT2D eigenvalue weighted by Crippen LogP contribution is 2.40. The predicted molar refractivity (Wildman–Crippen MR) is 102 cm³/mol. The molecule has 142 valence electrons. The van der Waals surface area contributed by atoms with E-state index in [1.165, 1.54) is 0 Å². The first kappa shape index (κ1) is 17.9. The van der Waals surface area contributed by atoms with Gasteiger partial charge in [-0.2, -0.15) is 0 Å². The van der Waals surface area contributed by atoms with Gasteiger partial charge in [0.1, 0.15) is 0 Å². The molecule has 1 aromatic heterocycles. The van der Waals surface area contributed by atoms with Crippen LogP contribution in [0.3, 0.4) is 0 Å². The zero-order valence-electron chi connectivity index (χ0n) is 15.6. The molecule has 3 N–H and O–H groups in total. The van der Waals surface area contributed by atoms with Crippen LogP contribution >= 0.6 is 0 Å². The lowest BCUT2D eigenvalue weighted by Gasteiger charge is -2.34. The monoisotopic (exact) mass is 367 g/mol. The van der Waals surface area contributed by atoms with E-state index in [1.807, 2.05) is 31.2 Å².